The van der Waals surface area contributed by atoms with E-state index in [-0.39, 0.29) is 0 Å². The zero-order chi connectivity index (χ0) is 13.0. The van der Waals surface area contributed by atoms with E-state index in [1.54, 1.807) is 6.20 Å². The van der Waals surface area contributed by atoms with Crippen molar-refractivity contribution in [3.05, 3.63) is 41.9 Å². The number of rotatable bonds is 4. The van der Waals surface area contributed by atoms with E-state index in [4.69, 9.17) is 5.84 Å². The Hall–Kier alpha value is -2.21. The molecule has 0 spiro atoms. The molecule has 0 saturated carbocycles. The van der Waals surface area contributed by atoms with Gasteiger partial charge in [-0.05, 0) is 19.1 Å². The fourth-order valence-electron chi connectivity index (χ4n) is 1.63. The van der Waals surface area contributed by atoms with Gasteiger partial charge in [-0.1, -0.05) is 6.07 Å². The molecule has 2 heterocycles. The minimum Gasteiger partial charge on any atom is -0.354 e. The molecular formula is C12H16N6. The quantitative estimate of drug-likeness (QED) is 0.619. The first-order chi connectivity index (χ1) is 8.69. The molecule has 0 radical (unpaired) electrons. The smallest absolute Gasteiger partial charge is 0.239 e. The molecule has 0 aliphatic rings. The minimum atomic E-state index is 0.415. The molecule has 2 aromatic rings. The number of nitrogen functional groups attached to an aromatic ring is 1. The third-order valence-corrected chi connectivity index (χ3v) is 2.49. The second kappa shape index (κ2) is 5.42. The number of hydrogen-bond acceptors (Lipinski definition) is 6. The summed E-state index contributed by atoms with van der Waals surface area (Å²) >= 11 is 0. The first-order valence-corrected chi connectivity index (χ1v) is 5.62. The first kappa shape index (κ1) is 12.3. The van der Waals surface area contributed by atoms with Crippen LogP contribution in [0.15, 0.2) is 30.5 Å². The summed E-state index contributed by atoms with van der Waals surface area (Å²) in [5.74, 6) is 6.56. The summed E-state index contributed by atoms with van der Waals surface area (Å²) in [6.07, 6.45) is 1.78. The zero-order valence-electron chi connectivity index (χ0n) is 10.5. The number of hydrazine groups is 1. The van der Waals surface area contributed by atoms with E-state index >= 15 is 0 Å². The van der Waals surface area contributed by atoms with Crippen molar-refractivity contribution in [2.75, 3.05) is 17.4 Å². The van der Waals surface area contributed by atoms with Crippen molar-refractivity contribution >= 4 is 11.8 Å². The van der Waals surface area contributed by atoms with E-state index in [0.29, 0.717) is 12.5 Å². The monoisotopic (exact) mass is 244 g/mol. The van der Waals surface area contributed by atoms with Crippen molar-refractivity contribution in [2.45, 2.75) is 13.5 Å². The normalized spacial score (nSPS) is 10.2. The van der Waals surface area contributed by atoms with Gasteiger partial charge in [0.25, 0.3) is 0 Å². The van der Waals surface area contributed by atoms with Gasteiger partial charge in [0.1, 0.15) is 5.82 Å². The van der Waals surface area contributed by atoms with Crippen LogP contribution >= 0.6 is 0 Å². The molecule has 0 aliphatic heterocycles. The maximum absolute atomic E-state index is 5.33. The van der Waals surface area contributed by atoms with Gasteiger partial charge in [0.15, 0.2) is 0 Å². The van der Waals surface area contributed by atoms with Crippen LogP contribution in [0.25, 0.3) is 0 Å². The highest BCUT2D eigenvalue weighted by molar-refractivity contribution is 5.43. The number of aromatic nitrogens is 3. The Balaban J connectivity index is 2.18. The highest BCUT2D eigenvalue weighted by atomic mass is 15.3. The van der Waals surface area contributed by atoms with Crippen LogP contribution in [0.5, 0.6) is 0 Å². The van der Waals surface area contributed by atoms with Crippen LogP contribution in [-0.2, 0) is 6.54 Å². The van der Waals surface area contributed by atoms with Gasteiger partial charge in [-0.25, -0.2) is 10.8 Å². The lowest BCUT2D eigenvalue weighted by Gasteiger charge is -2.18. The molecule has 6 nitrogen and oxygen atoms in total. The zero-order valence-corrected chi connectivity index (χ0v) is 10.5. The van der Waals surface area contributed by atoms with E-state index in [2.05, 4.69) is 20.4 Å². The summed E-state index contributed by atoms with van der Waals surface area (Å²) in [7, 11) is 1.96. The molecule has 0 saturated heterocycles. The van der Waals surface area contributed by atoms with Crippen molar-refractivity contribution < 1.29 is 0 Å². The van der Waals surface area contributed by atoms with Gasteiger partial charge in [0.05, 0.1) is 12.2 Å². The van der Waals surface area contributed by atoms with E-state index in [1.165, 1.54) is 0 Å². The van der Waals surface area contributed by atoms with Gasteiger partial charge in [-0.3, -0.25) is 10.4 Å². The van der Waals surface area contributed by atoms with Crippen LogP contribution < -0.4 is 16.2 Å². The number of aryl methyl sites for hydroxylation is 1. The summed E-state index contributed by atoms with van der Waals surface area (Å²) in [4.78, 5) is 14.7. The molecule has 0 bridgehead atoms. The van der Waals surface area contributed by atoms with E-state index in [0.717, 1.165) is 17.2 Å². The third kappa shape index (κ3) is 2.92. The van der Waals surface area contributed by atoms with E-state index in [1.807, 2.05) is 43.1 Å². The average Bonchev–Trinajstić information content (AvgIpc) is 2.39. The summed E-state index contributed by atoms with van der Waals surface area (Å²) in [6.45, 7) is 2.59. The van der Waals surface area contributed by atoms with Crippen molar-refractivity contribution in [3.63, 3.8) is 0 Å². The van der Waals surface area contributed by atoms with Crippen molar-refractivity contribution in [2.24, 2.45) is 5.84 Å². The Kier molecular flexibility index (Phi) is 3.69. The Morgan fingerprint density at radius 1 is 1.33 bits per heavy atom. The summed E-state index contributed by atoms with van der Waals surface area (Å²) in [5, 5.41) is 0. The predicted molar refractivity (Wildman–Crippen MR) is 70.9 cm³/mol. The number of hydrogen-bond donors (Lipinski definition) is 2. The second-order valence-electron chi connectivity index (χ2n) is 4.01. The van der Waals surface area contributed by atoms with Crippen LogP contribution in [0.2, 0.25) is 0 Å². The second-order valence-corrected chi connectivity index (χ2v) is 4.01. The van der Waals surface area contributed by atoms with Gasteiger partial charge >= 0.3 is 0 Å². The Morgan fingerprint density at radius 2 is 2.17 bits per heavy atom. The lowest BCUT2D eigenvalue weighted by molar-refractivity contribution is 0.858. The molecule has 0 aromatic carbocycles. The molecule has 94 valence electrons. The Morgan fingerprint density at radius 3 is 2.83 bits per heavy atom. The molecule has 0 atom stereocenters. The number of anilines is 2. The van der Waals surface area contributed by atoms with Crippen molar-refractivity contribution in [1.82, 2.24) is 15.0 Å². The Labute approximate surface area is 106 Å². The molecule has 2 aromatic heterocycles. The number of nitrogens with zero attached hydrogens (tertiary/aromatic N) is 4. The standard InChI is InChI=1S/C12H16N6/c1-9-7-11(16-12(15-9)17-13)18(2)8-10-5-3-4-6-14-10/h3-7H,8,13H2,1-2H3,(H,15,16,17). The molecule has 0 amide bonds. The van der Waals surface area contributed by atoms with Crippen LogP contribution in [0, 0.1) is 6.92 Å². The van der Waals surface area contributed by atoms with Gasteiger partial charge in [-0.2, -0.15) is 4.98 Å². The van der Waals surface area contributed by atoms with Crippen LogP contribution in [0.1, 0.15) is 11.4 Å². The summed E-state index contributed by atoms with van der Waals surface area (Å²) in [6, 6.07) is 7.75. The first-order valence-electron chi connectivity index (χ1n) is 5.62. The fourth-order valence-corrected chi connectivity index (χ4v) is 1.63. The largest absolute Gasteiger partial charge is 0.354 e. The minimum absolute atomic E-state index is 0.415. The highest BCUT2D eigenvalue weighted by Crippen LogP contribution is 2.14. The molecule has 0 aliphatic carbocycles. The molecule has 2 rings (SSSR count). The van der Waals surface area contributed by atoms with Crippen LogP contribution in [0.3, 0.4) is 0 Å². The number of nitrogens with two attached hydrogens (primary N) is 1. The Bertz CT molecular complexity index is 513. The molecule has 0 fully saturated rings. The fraction of sp³-hybridized carbons (Fsp3) is 0.250. The summed E-state index contributed by atoms with van der Waals surface area (Å²) in [5.41, 5.74) is 4.31. The lowest BCUT2D eigenvalue weighted by atomic mass is 10.3. The number of pyridine rings is 1. The van der Waals surface area contributed by atoms with Crippen LogP contribution in [-0.4, -0.2) is 22.0 Å². The van der Waals surface area contributed by atoms with E-state index in [9.17, 15) is 0 Å². The molecule has 18 heavy (non-hydrogen) atoms. The molecular weight excluding hydrogens is 228 g/mol. The maximum Gasteiger partial charge on any atom is 0.239 e. The van der Waals surface area contributed by atoms with Gasteiger partial charge in [0, 0.05) is 25.0 Å². The molecule has 6 heteroatoms. The molecule has 0 unspecified atom stereocenters. The third-order valence-electron chi connectivity index (χ3n) is 2.49. The van der Waals surface area contributed by atoms with Crippen LogP contribution in [0.4, 0.5) is 11.8 Å². The van der Waals surface area contributed by atoms with E-state index < -0.39 is 0 Å². The maximum atomic E-state index is 5.33. The topological polar surface area (TPSA) is 80.0 Å². The highest BCUT2D eigenvalue weighted by Gasteiger charge is 2.07. The SMILES string of the molecule is Cc1cc(N(C)Cc2ccccn2)nc(NN)n1. The average molecular weight is 244 g/mol. The molecule has 3 N–H and O–H groups in total. The number of nitrogens with one attached hydrogen (secondary N) is 1. The van der Waals surface area contributed by atoms with Gasteiger partial charge in [0.2, 0.25) is 5.95 Å². The lowest BCUT2D eigenvalue weighted by Crippen LogP contribution is -2.20. The van der Waals surface area contributed by atoms with Gasteiger partial charge in [-0.15, -0.1) is 0 Å². The van der Waals surface area contributed by atoms with Crippen molar-refractivity contribution in [3.8, 4) is 0 Å². The van der Waals surface area contributed by atoms with Crippen molar-refractivity contribution in [1.29, 1.82) is 0 Å². The van der Waals surface area contributed by atoms with Gasteiger partial charge < -0.3 is 4.90 Å². The summed E-state index contributed by atoms with van der Waals surface area (Å²) < 4.78 is 0. The predicted octanol–water partition coefficient (Wildman–Crippen LogP) is 1.10.